The average Bonchev–Trinajstić information content (AvgIpc) is 2.69. The van der Waals surface area contributed by atoms with Crippen LogP contribution in [0.25, 0.3) is 0 Å². The van der Waals surface area contributed by atoms with Gasteiger partial charge in [0.15, 0.2) is 0 Å². The van der Waals surface area contributed by atoms with Gasteiger partial charge in [-0.25, -0.2) is 4.79 Å². The van der Waals surface area contributed by atoms with Crippen LogP contribution in [0.1, 0.15) is 24.3 Å². The maximum atomic E-state index is 13.0. The highest BCUT2D eigenvalue weighted by Gasteiger charge is 2.34. The molecule has 0 spiro atoms. The minimum absolute atomic E-state index is 0.0662. The Balaban J connectivity index is 2.38. The van der Waals surface area contributed by atoms with E-state index in [-0.39, 0.29) is 18.9 Å². The molecule has 0 radical (unpaired) electrons. The third-order valence-corrected chi connectivity index (χ3v) is 4.62. The summed E-state index contributed by atoms with van der Waals surface area (Å²) in [6.07, 6.45) is 5.48. The molecule has 2 rings (SSSR count). The highest BCUT2D eigenvalue weighted by atomic mass is 35.5. The maximum absolute atomic E-state index is 13.0. The molecule has 0 saturated heterocycles. The van der Waals surface area contributed by atoms with E-state index in [0.717, 1.165) is 11.1 Å². The van der Waals surface area contributed by atoms with Gasteiger partial charge in [-0.05, 0) is 23.3 Å². The number of amides is 1. The first-order chi connectivity index (χ1) is 13.5. The SMILES string of the molecule is C=C/C=C(\C=C)COC(=O)C1=C(CCOC)NC(=O)CC1c1ccc(Cl)cc1. The predicted octanol–water partition coefficient (Wildman–Crippen LogP) is 4.08. The van der Waals surface area contributed by atoms with Crippen molar-refractivity contribution in [2.24, 2.45) is 0 Å². The Morgan fingerprint density at radius 3 is 2.64 bits per heavy atom. The lowest BCUT2D eigenvalue weighted by Gasteiger charge is -2.28. The summed E-state index contributed by atoms with van der Waals surface area (Å²) in [5.74, 6) is -1.05. The molecule has 1 aliphatic rings. The number of nitrogens with one attached hydrogen (secondary N) is 1. The average molecular weight is 402 g/mol. The molecule has 0 saturated carbocycles. The molecule has 6 heteroatoms. The lowest BCUT2D eigenvalue weighted by atomic mass is 9.83. The van der Waals surface area contributed by atoms with Gasteiger partial charge in [0.2, 0.25) is 5.91 Å². The van der Waals surface area contributed by atoms with Crippen molar-refractivity contribution < 1.29 is 19.1 Å². The molecule has 1 aromatic rings. The van der Waals surface area contributed by atoms with E-state index < -0.39 is 11.9 Å². The third-order valence-electron chi connectivity index (χ3n) is 4.37. The van der Waals surface area contributed by atoms with Crippen LogP contribution in [0.4, 0.5) is 0 Å². The Hall–Kier alpha value is -2.63. The molecule has 28 heavy (non-hydrogen) atoms. The summed E-state index contributed by atoms with van der Waals surface area (Å²) in [7, 11) is 1.57. The van der Waals surface area contributed by atoms with E-state index in [1.807, 2.05) is 12.1 Å². The first-order valence-corrected chi connectivity index (χ1v) is 9.26. The standard InChI is InChI=1S/C22H24ClNO4/c1-4-6-15(5-2)14-28-22(26)21-18(16-7-9-17(23)10-8-16)13-20(25)24-19(21)11-12-27-3/h4-10,18H,1-2,11-14H2,3H3,(H,24,25)/b15-6+. The number of ether oxygens (including phenoxy) is 2. The zero-order chi connectivity index (χ0) is 20.5. The van der Waals surface area contributed by atoms with Gasteiger partial charge >= 0.3 is 5.97 Å². The highest BCUT2D eigenvalue weighted by Crippen LogP contribution is 2.35. The van der Waals surface area contributed by atoms with E-state index in [1.165, 1.54) is 0 Å². The summed E-state index contributed by atoms with van der Waals surface area (Å²) in [6.45, 7) is 7.77. The molecule has 0 bridgehead atoms. The second-order valence-electron chi connectivity index (χ2n) is 6.25. The van der Waals surface area contributed by atoms with Crippen molar-refractivity contribution in [3.63, 3.8) is 0 Å². The first kappa shape index (κ1) is 21.7. The fraction of sp³-hybridized carbons (Fsp3) is 0.273. The van der Waals surface area contributed by atoms with E-state index >= 15 is 0 Å². The summed E-state index contributed by atoms with van der Waals surface area (Å²) in [4.78, 5) is 25.2. The summed E-state index contributed by atoms with van der Waals surface area (Å²) < 4.78 is 10.6. The Kier molecular flexibility index (Phi) is 8.23. The van der Waals surface area contributed by atoms with Gasteiger partial charge in [-0.2, -0.15) is 0 Å². The Bertz CT molecular complexity index is 808. The molecular formula is C22H24ClNO4. The summed E-state index contributed by atoms with van der Waals surface area (Å²) in [5, 5.41) is 3.39. The number of rotatable bonds is 9. The number of carbonyl (C=O) groups is 2. The van der Waals surface area contributed by atoms with Crippen LogP contribution >= 0.6 is 11.6 Å². The Morgan fingerprint density at radius 2 is 2.04 bits per heavy atom. The fourth-order valence-electron chi connectivity index (χ4n) is 2.98. The molecule has 1 aliphatic heterocycles. The number of allylic oxidation sites excluding steroid dienone is 2. The topological polar surface area (TPSA) is 64.6 Å². The normalized spacial score (nSPS) is 17.1. The fourth-order valence-corrected chi connectivity index (χ4v) is 3.11. The lowest BCUT2D eigenvalue weighted by molar-refractivity contribution is -0.138. The zero-order valence-corrected chi connectivity index (χ0v) is 16.6. The molecule has 1 N–H and O–H groups in total. The van der Waals surface area contributed by atoms with Crippen LogP contribution < -0.4 is 5.32 Å². The minimum Gasteiger partial charge on any atom is -0.457 e. The molecule has 1 aromatic carbocycles. The third kappa shape index (κ3) is 5.68. The molecule has 148 valence electrons. The molecule has 1 heterocycles. The minimum atomic E-state index is -0.483. The van der Waals surface area contributed by atoms with E-state index in [9.17, 15) is 9.59 Å². The van der Waals surface area contributed by atoms with Crippen molar-refractivity contribution in [1.29, 1.82) is 0 Å². The van der Waals surface area contributed by atoms with Crippen LogP contribution in [-0.4, -0.2) is 32.2 Å². The highest BCUT2D eigenvalue weighted by molar-refractivity contribution is 6.30. The zero-order valence-electron chi connectivity index (χ0n) is 15.9. The van der Waals surface area contributed by atoms with Gasteiger partial charge in [0.1, 0.15) is 6.61 Å². The van der Waals surface area contributed by atoms with Crippen LogP contribution in [0, 0.1) is 0 Å². The monoisotopic (exact) mass is 401 g/mol. The smallest absolute Gasteiger partial charge is 0.336 e. The number of benzene rings is 1. The summed E-state index contributed by atoms with van der Waals surface area (Å²) >= 11 is 5.98. The van der Waals surface area contributed by atoms with Gasteiger partial charge in [-0.1, -0.05) is 55.1 Å². The van der Waals surface area contributed by atoms with Crippen LogP contribution in [-0.2, 0) is 19.1 Å². The molecule has 0 aliphatic carbocycles. The van der Waals surface area contributed by atoms with Gasteiger partial charge < -0.3 is 14.8 Å². The second kappa shape index (κ2) is 10.6. The van der Waals surface area contributed by atoms with Gasteiger partial charge in [-0.15, -0.1) is 0 Å². The van der Waals surface area contributed by atoms with Crippen LogP contribution in [0.3, 0.4) is 0 Å². The van der Waals surface area contributed by atoms with Crippen LogP contribution in [0.5, 0.6) is 0 Å². The number of carbonyl (C=O) groups excluding carboxylic acids is 2. The quantitative estimate of drug-likeness (QED) is 0.500. The van der Waals surface area contributed by atoms with Crippen LogP contribution in [0.15, 0.2) is 72.5 Å². The first-order valence-electron chi connectivity index (χ1n) is 8.88. The number of halogens is 1. The number of hydrogen-bond acceptors (Lipinski definition) is 4. The van der Waals surface area contributed by atoms with E-state index in [0.29, 0.717) is 29.3 Å². The number of hydrogen-bond donors (Lipinski definition) is 1. The second-order valence-corrected chi connectivity index (χ2v) is 6.69. The van der Waals surface area contributed by atoms with Gasteiger partial charge in [-0.3, -0.25) is 4.79 Å². The van der Waals surface area contributed by atoms with Gasteiger partial charge in [0.05, 0.1) is 12.2 Å². The van der Waals surface area contributed by atoms with Crippen molar-refractivity contribution in [3.05, 3.63) is 83.1 Å². The lowest BCUT2D eigenvalue weighted by Crippen LogP contribution is -2.35. The molecule has 1 atom stereocenters. The van der Waals surface area contributed by atoms with Gasteiger partial charge in [0.25, 0.3) is 0 Å². The van der Waals surface area contributed by atoms with E-state index in [4.69, 9.17) is 21.1 Å². The van der Waals surface area contributed by atoms with E-state index in [1.54, 1.807) is 37.5 Å². The van der Waals surface area contributed by atoms with Crippen molar-refractivity contribution >= 4 is 23.5 Å². The van der Waals surface area contributed by atoms with Crippen molar-refractivity contribution in [1.82, 2.24) is 5.32 Å². The Labute approximate surface area is 170 Å². The van der Waals surface area contributed by atoms with Crippen LogP contribution in [0.2, 0.25) is 5.02 Å². The molecule has 5 nitrogen and oxygen atoms in total. The van der Waals surface area contributed by atoms with Gasteiger partial charge in [0, 0.05) is 36.6 Å². The van der Waals surface area contributed by atoms with Crippen molar-refractivity contribution in [2.75, 3.05) is 20.3 Å². The molecule has 1 unspecified atom stereocenters. The molecule has 0 fully saturated rings. The van der Waals surface area contributed by atoms with Crippen molar-refractivity contribution in [2.45, 2.75) is 18.8 Å². The Morgan fingerprint density at radius 1 is 1.32 bits per heavy atom. The number of methoxy groups -OCH3 is 1. The van der Waals surface area contributed by atoms with E-state index in [2.05, 4.69) is 18.5 Å². The molecule has 1 amide bonds. The maximum Gasteiger partial charge on any atom is 0.336 e. The summed E-state index contributed by atoms with van der Waals surface area (Å²) in [6, 6.07) is 7.12. The van der Waals surface area contributed by atoms with Crippen molar-refractivity contribution in [3.8, 4) is 0 Å². The number of esters is 1. The largest absolute Gasteiger partial charge is 0.457 e. The molecular weight excluding hydrogens is 378 g/mol. The summed E-state index contributed by atoms with van der Waals surface area (Å²) in [5.41, 5.74) is 2.51. The predicted molar refractivity (Wildman–Crippen MR) is 110 cm³/mol. The molecule has 0 aromatic heterocycles.